The summed E-state index contributed by atoms with van der Waals surface area (Å²) in [4.78, 5) is 4.61. The highest BCUT2D eigenvalue weighted by molar-refractivity contribution is 5.15. The van der Waals surface area contributed by atoms with Crippen LogP contribution in [0.4, 0.5) is 0 Å². The molecule has 1 atom stereocenters. The van der Waals surface area contributed by atoms with Crippen LogP contribution in [0, 0.1) is 19.8 Å². The number of imidazole rings is 1. The number of rotatable bonds is 2. The number of hydrogen-bond acceptors (Lipinski definition) is 2. The predicted octanol–water partition coefficient (Wildman–Crippen LogP) is 1.41. The molecule has 0 spiro atoms. The van der Waals surface area contributed by atoms with Crippen LogP contribution >= 0.6 is 0 Å². The molecule has 0 aliphatic carbocycles. The maximum absolute atomic E-state index is 5.59. The lowest BCUT2D eigenvalue weighted by Gasteiger charge is -2.23. The van der Waals surface area contributed by atoms with Crippen LogP contribution in [0.5, 0.6) is 0 Å². The van der Waals surface area contributed by atoms with E-state index in [0.717, 1.165) is 31.8 Å². The van der Waals surface area contributed by atoms with E-state index in [-0.39, 0.29) is 0 Å². The normalized spacial score (nSPS) is 20.9. The van der Waals surface area contributed by atoms with E-state index in [2.05, 4.69) is 23.4 Å². The van der Waals surface area contributed by atoms with Crippen LogP contribution < -0.4 is 5.73 Å². The molecule has 0 saturated heterocycles. The molecule has 3 nitrogen and oxygen atoms in total. The zero-order valence-electron chi connectivity index (χ0n) is 9.08. The van der Waals surface area contributed by atoms with Crippen molar-refractivity contribution in [1.29, 1.82) is 0 Å². The lowest BCUT2D eigenvalue weighted by molar-refractivity contribution is 0.362. The largest absolute Gasteiger partial charge is 0.332 e. The molecule has 3 heteroatoms. The minimum Gasteiger partial charge on any atom is -0.332 e. The van der Waals surface area contributed by atoms with Crippen LogP contribution in [0.3, 0.4) is 0 Å². The van der Waals surface area contributed by atoms with Crippen molar-refractivity contribution in [3.8, 4) is 0 Å². The Morgan fingerprint density at radius 1 is 1.50 bits per heavy atom. The summed E-state index contributed by atoms with van der Waals surface area (Å²) in [6, 6.07) is 0. The first-order valence-electron chi connectivity index (χ1n) is 5.45. The molecule has 0 fully saturated rings. The van der Waals surface area contributed by atoms with E-state index in [9.17, 15) is 0 Å². The average Bonchev–Trinajstić information content (AvgIpc) is 2.43. The van der Waals surface area contributed by atoms with Crippen molar-refractivity contribution in [3.63, 3.8) is 0 Å². The van der Waals surface area contributed by atoms with Crippen molar-refractivity contribution in [3.05, 3.63) is 17.2 Å². The standard InChI is InChI=1S/C11H19N3/c1-8-9(2)14-6-4-10(3-5-12)7-11(14)13-8/h10H,3-7,12H2,1-2H3. The second-order valence-electron chi connectivity index (χ2n) is 4.29. The highest BCUT2D eigenvalue weighted by atomic mass is 15.1. The van der Waals surface area contributed by atoms with Crippen LogP contribution in [-0.2, 0) is 13.0 Å². The second kappa shape index (κ2) is 3.73. The van der Waals surface area contributed by atoms with Gasteiger partial charge in [0.05, 0.1) is 5.69 Å². The van der Waals surface area contributed by atoms with Gasteiger partial charge in [-0.3, -0.25) is 0 Å². The van der Waals surface area contributed by atoms with Crippen molar-refractivity contribution >= 4 is 0 Å². The summed E-state index contributed by atoms with van der Waals surface area (Å²) in [5, 5.41) is 0. The summed E-state index contributed by atoms with van der Waals surface area (Å²) in [7, 11) is 0. The number of fused-ring (bicyclic) bond motifs is 1. The zero-order valence-corrected chi connectivity index (χ0v) is 9.08. The van der Waals surface area contributed by atoms with Gasteiger partial charge in [-0.25, -0.2) is 4.98 Å². The topological polar surface area (TPSA) is 43.8 Å². The van der Waals surface area contributed by atoms with Gasteiger partial charge in [-0.15, -0.1) is 0 Å². The quantitative estimate of drug-likeness (QED) is 0.771. The zero-order chi connectivity index (χ0) is 10.1. The molecule has 0 aromatic carbocycles. The SMILES string of the molecule is Cc1nc2n(c1C)CCC(CCN)C2. The minimum absolute atomic E-state index is 0.758. The van der Waals surface area contributed by atoms with Gasteiger partial charge in [0.25, 0.3) is 0 Å². The van der Waals surface area contributed by atoms with Gasteiger partial charge >= 0.3 is 0 Å². The number of aryl methyl sites for hydroxylation is 1. The van der Waals surface area contributed by atoms with Crippen molar-refractivity contribution in [2.45, 2.75) is 39.7 Å². The van der Waals surface area contributed by atoms with Crippen LogP contribution in [0.1, 0.15) is 30.1 Å². The molecule has 1 aromatic rings. The Morgan fingerprint density at radius 3 is 3.00 bits per heavy atom. The van der Waals surface area contributed by atoms with Crippen molar-refractivity contribution in [2.75, 3.05) is 6.54 Å². The summed E-state index contributed by atoms with van der Waals surface area (Å²) in [5.74, 6) is 2.03. The summed E-state index contributed by atoms with van der Waals surface area (Å²) >= 11 is 0. The monoisotopic (exact) mass is 193 g/mol. The van der Waals surface area contributed by atoms with Crippen LogP contribution in [0.15, 0.2) is 0 Å². The van der Waals surface area contributed by atoms with E-state index in [1.807, 2.05) is 0 Å². The maximum Gasteiger partial charge on any atom is 0.109 e. The molecular weight excluding hydrogens is 174 g/mol. The molecule has 1 aliphatic heterocycles. The molecule has 78 valence electrons. The highest BCUT2D eigenvalue weighted by Crippen LogP contribution is 2.24. The van der Waals surface area contributed by atoms with E-state index in [1.54, 1.807) is 0 Å². The smallest absolute Gasteiger partial charge is 0.109 e. The van der Waals surface area contributed by atoms with Gasteiger partial charge in [-0.1, -0.05) is 0 Å². The Bertz CT molecular complexity index is 328. The predicted molar refractivity (Wildman–Crippen MR) is 57.2 cm³/mol. The number of aromatic nitrogens is 2. The average molecular weight is 193 g/mol. The summed E-state index contributed by atoms with van der Waals surface area (Å²) in [6.45, 7) is 6.20. The van der Waals surface area contributed by atoms with E-state index < -0.39 is 0 Å². The molecule has 0 amide bonds. The first kappa shape index (κ1) is 9.71. The van der Waals surface area contributed by atoms with E-state index in [0.29, 0.717) is 0 Å². The van der Waals surface area contributed by atoms with Gasteiger partial charge < -0.3 is 10.3 Å². The fraction of sp³-hybridized carbons (Fsp3) is 0.727. The molecule has 1 aliphatic rings. The van der Waals surface area contributed by atoms with E-state index >= 15 is 0 Å². The van der Waals surface area contributed by atoms with Crippen LogP contribution in [-0.4, -0.2) is 16.1 Å². The summed E-state index contributed by atoms with van der Waals surface area (Å²) in [5.41, 5.74) is 8.11. The Hall–Kier alpha value is -0.830. The van der Waals surface area contributed by atoms with Crippen molar-refractivity contribution < 1.29 is 0 Å². The molecule has 0 bridgehead atoms. The minimum atomic E-state index is 0.758. The molecule has 2 heterocycles. The molecule has 2 N–H and O–H groups in total. The Labute approximate surface area is 85.3 Å². The fourth-order valence-electron chi connectivity index (χ4n) is 2.33. The van der Waals surface area contributed by atoms with Gasteiger partial charge in [0.2, 0.25) is 0 Å². The van der Waals surface area contributed by atoms with Crippen molar-refractivity contribution in [1.82, 2.24) is 9.55 Å². The lowest BCUT2D eigenvalue weighted by atomic mass is 9.94. The molecule has 0 saturated carbocycles. The summed E-state index contributed by atoms with van der Waals surface area (Å²) < 4.78 is 2.36. The van der Waals surface area contributed by atoms with E-state index in [1.165, 1.54) is 23.6 Å². The van der Waals surface area contributed by atoms with Crippen LogP contribution in [0.2, 0.25) is 0 Å². The van der Waals surface area contributed by atoms with Gasteiger partial charge in [-0.2, -0.15) is 0 Å². The Kier molecular flexibility index (Phi) is 2.59. The number of nitrogens with zero attached hydrogens (tertiary/aromatic N) is 2. The van der Waals surface area contributed by atoms with Gasteiger partial charge in [-0.05, 0) is 39.2 Å². The Balaban J connectivity index is 2.19. The molecule has 0 radical (unpaired) electrons. The fourth-order valence-corrected chi connectivity index (χ4v) is 2.33. The lowest BCUT2D eigenvalue weighted by Crippen LogP contribution is -2.22. The highest BCUT2D eigenvalue weighted by Gasteiger charge is 2.21. The number of nitrogens with two attached hydrogens (primary N) is 1. The van der Waals surface area contributed by atoms with Crippen molar-refractivity contribution in [2.24, 2.45) is 11.7 Å². The molecule has 2 rings (SSSR count). The molecule has 1 aromatic heterocycles. The van der Waals surface area contributed by atoms with Gasteiger partial charge in [0.15, 0.2) is 0 Å². The number of hydrogen-bond donors (Lipinski definition) is 1. The third kappa shape index (κ3) is 1.57. The van der Waals surface area contributed by atoms with Crippen LogP contribution in [0.25, 0.3) is 0 Å². The third-order valence-corrected chi connectivity index (χ3v) is 3.34. The Morgan fingerprint density at radius 2 is 2.29 bits per heavy atom. The first-order valence-corrected chi connectivity index (χ1v) is 5.45. The molecular formula is C11H19N3. The van der Waals surface area contributed by atoms with Gasteiger partial charge in [0.1, 0.15) is 5.82 Å². The molecule has 14 heavy (non-hydrogen) atoms. The first-order chi connectivity index (χ1) is 6.72. The molecule has 1 unspecified atom stereocenters. The maximum atomic E-state index is 5.59. The third-order valence-electron chi connectivity index (χ3n) is 3.34. The van der Waals surface area contributed by atoms with Gasteiger partial charge in [0, 0.05) is 18.7 Å². The summed E-state index contributed by atoms with van der Waals surface area (Å²) in [6.07, 6.45) is 3.53. The second-order valence-corrected chi connectivity index (χ2v) is 4.29. The van der Waals surface area contributed by atoms with E-state index in [4.69, 9.17) is 5.73 Å².